The molecule has 0 spiro atoms. The largest absolute Gasteiger partial charge is 0.293 e. The normalized spacial score (nSPS) is 9.83. The van der Waals surface area contributed by atoms with Crippen LogP contribution >= 0.6 is 35.4 Å². The summed E-state index contributed by atoms with van der Waals surface area (Å²) in [6.07, 6.45) is 0.384. The Morgan fingerprint density at radius 3 is 2.67 bits per heavy atom. The fourth-order valence-corrected chi connectivity index (χ4v) is 1.39. The first-order chi connectivity index (χ1) is 5.59. The second-order valence-electron chi connectivity index (χ2n) is 2.34. The minimum Gasteiger partial charge on any atom is -0.293 e. The van der Waals surface area contributed by atoms with Crippen LogP contribution in [0.3, 0.4) is 0 Å². The molecule has 1 nitrogen and oxygen atoms in total. The smallest absolute Gasteiger partial charge is 0.0984 e. The molecule has 0 aliphatic heterocycles. The standard InChI is InChI=1S/C8H6Cl2NS/c9-6-1-2-7(10)5(3-6)4-8(11)12/h1-3,11H,4H2. The third kappa shape index (κ3) is 2.63. The van der Waals surface area contributed by atoms with Gasteiger partial charge in [0.1, 0.15) is 0 Å². The van der Waals surface area contributed by atoms with Gasteiger partial charge in [0.25, 0.3) is 0 Å². The maximum Gasteiger partial charge on any atom is 0.0984 e. The van der Waals surface area contributed by atoms with Crippen molar-refractivity contribution >= 4 is 40.4 Å². The molecule has 0 aliphatic carbocycles. The van der Waals surface area contributed by atoms with E-state index in [1.807, 2.05) is 0 Å². The van der Waals surface area contributed by atoms with Gasteiger partial charge in [-0.2, -0.15) is 0 Å². The van der Waals surface area contributed by atoms with Crippen LogP contribution in [0.4, 0.5) is 0 Å². The summed E-state index contributed by atoms with van der Waals surface area (Å²) in [5.74, 6) is 0. The lowest BCUT2D eigenvalue weighted by Crippen LogP contribution is -2.00. The van der Waals surface area contributed by atoms with Crippen molar-refractivity contribution in [3.8, 4) is 0 Å². The van der Waals surface area contributed by atoms with Crippen molar-refractivity contribution in [2.24, 2.45) is 0 Å². The third-order valence-corrected chi connectivity index (χ3v) is 2.11. The van der Waals surface area contributed by atoms with Gasteiger partial charge in [-0.05, 0) is 23.8 Å². The topological polar surface area (TPSA) is 23.8 Å². The van der Waals surface area contributed by atoms with Crippen LogP contribution in [-0.2, 0) is 6.42 Å². The molecule has 1 N–H and O–H groups in total. The van der Waals surface area contributed by atoms with Crippen molar-refractivity contribution in [2.75, 3.05) is 0 Å². The summed E-state index contributed by atoms with van der Waals surface area (Å²) in [4.78, 5) is 0.166. The molecule has 63 valence electrons. The monoisotopic (exact) mass is 218 g/mol. The van der Waals surface area contributed by atoms with E-state index in [4.69, 9.17) is 28.9 Å². The minimum absolute atomic E-state index is 0.166. The lowest BCUT2D eigenvalue weighted by atomic mass is 10.1. The van der Waals surface area contributed by atoms with Crippen molar-refractivity contribution in [1.29, 1.82) is 0 Å². The summed E-state index contributed by atoms with van der Waals surface area (Å²) in [5, 5.41) is 1.22. The zero-order valence-corrected chi connectivity index (χ0v) is 8.43. The molecule has 0 saturated carbocycles. The summed E-state index contributed by atoms with van der Waals surface area (Å²) in [5.41, 5.74) is 7.92. The second-order valence-corrected chi connectivity index (χ2v) is 3.67. The molecule has 1 aromatic rings. The van der Waals surface area contributed by atoms with Gasteiger partial charge in [-0.25, -0.2) is 0 Å². The number of hydrogen-bond acceptors (Lipinski definition) is 1. The van der Waals surface area contributed by atoms with Gasteiger partial charge < -0.3 is 0 Å². The Morgan fingerprint density at radius 2 is 2.08 bits per heavy atom. The van der Waals surface area contributed by atoms with E-state index < -0.39 is 0 Å². The first-order valence-corrected chi connectivity index (χ1v) is 4.44. The van der Waals surface area contributed by atoms with E-state index in [9.17, 15) is 0 Å². The highest BCUT2D eigenvalue weighted by Crippen LogP contribution is 2.20. The highest BCUT2D eigenvalue weighted by Gasteiger charge is 2.02. The van der Waals surface area contributed by atoms with Crippen molar-refractivity contribution in [3.63, 3.8) is 0 Å². The van der Waals surface area contributed by atoms with Gasteiger partial charge in [0.05, 0.1) is 4.99 Å². The zero-order valence-electron chi connectivity index (χ0n) is 6.10. The number of halogens is 2. The van der Waals surface area contributed by atoms with Gasteiger partial charge >= 0.3 is 0 Å². The van der Waals surface area contributed by atoms with E-state index in [2.05, 4.69) is 12.2 Å². The number of hydrogen-bond donors (Lipinski definition) is 0. The van der Waals surface area contributed by atoms with Crippen LogP contribution in [0.25, 0.3) is 0 Å². The number of thiocarbonyl (C=S) groups is 1. The molecule has 0 amide bonds. The predicted molar refractivity (Wildman–Crippen MR) is 55.9 cm³/mol. The Labute approximate surface area is 86.5 Å². The molecule has 0 unspecified atom stereocenters. The Kier molecular flexibility index (Phi) is 3.32. The fourth-order valence-electron chi connectivity index (χ4n) is 0.852. The van der Waals surface area contributed by atoms with Crippen LogP contribution in [-0.4, -0.2) is 4.99 Å². The average Bonchev–Trinajstić information content (AvgIpc) is 1.96. The van der Waals surface area contributed by atoms with E-state index >= 15 is 0 Å². The molecule has 0 fully saturated rings. The summed E-state index contributed by atoms with van der Waals surface area (Å²) in [6.45, 7) is 0. The molecule has 12 heavy (non-hydrogen) atoms. The molecule has 1 radical (unpaired) electrons. The van der Waals surface area contributed by atoms with Gasteiger partial charge in [-0.1, -0.05) is 35.4 Å². The number of benzene rings is 1. The first-order valence-electron chi connectivity index (χ1n) is 3.28. The lowest BCUT2D eigenvalue weighted by molar-refractivity contribution is 1.32. The minimum atomic E-state index is 0.166. The van der Waals surface area contributed by atoms with Crippen LogP contribution < -0.4 is 5.73 Å². The first kappa shape index (κ1) is 9.78. The van der Waals surface area contributed by atoms with Crippen molar-refractivity contribution in [2.45, 2.75) is 6.42 Å². The summed E-state index contributed by atoms with van der Waals surface area (Å²) in [6, 6.07) is 5.14. The molecular weight excluding hydrogens is 213 g/mol. The van der Waals surface area contributed by atoms with E-state index in [0.29, 0.717) is 16.5 Å². The van der Waals surface area contributed by atoms with Gasteiger partial charge in [-0.3, -0.25) is 5.73 Å². The quantitative estimate of drug-likeness (QED) is 0.701. The Balaban J connectivity index is 2.97. The van der Waals surface area contributed by atoms with E-state index in [1.165, 1.54) is 0 Å². The van der Waals surface area contributed by atoms with Crippen molar-refractivity contribution in [3.05, 3.63) is 33.8 Å². The SMILES string of the molecule is [NH]C(=S)Cc1cc(Cl)ccc1Cl. The van der Waals surface area contributed by atoms with Gasteiger partial charge in [0, 0.05) is 16.5 Å². The number of rotatable bonds is 2. The molecule has 0 aliphatic rings. The molecule has 1 rings (SSSR count). The third-order valence-electron chi connectivity index (χ3n) is 1.36. The summed E-state index contributed by atoms with van der Waals surface area (Å²) >= 11 is 16.2. The Morgan fingerprint density at radius 1 is 1.42 bits per heavy atom. The highest BCUT2D eigenvalue weighted by molar-refractivity contribution is 7.80. The van der Waals surface area contributed by atoms with Crippen molar-refractivity contribution < 1.29 is 0 Å². The predicted octanol–water partition coefficient (Wildman–Crippen LogP) is 3.15. The summed E-state index contributed by atoms with van der Waals surface area (Å²) in [7, 11) is 0. The van der Waals surface area contributed by atoms with Crippen LogP contribution in [0, 0.1) is 0 Å². The molecule has 0 saturated heterocycles. The second kappa shape index (κ2) is 4.08. The Bertz CT molecular complexity index is 312. The molecule has 0 aromatic heterocycles. The van der Waals surface area contributed by atoms with Crippen LogP contribution in [0.2, 0.25) is 10.0 Å². The molecule has 0 atom stereocenters. The van der Waals surface area contributed by atoms with Gasteiger partial charge in [0.15, 0.2) is 0 Å². The molecule has 1 aromatic carbocycles. The van der Waals surface area contributed by atoms with Crippen LogP contribution in [0.5, 0.6) is 0 Å². The Hall–Kier alpha value is -0.310. The lowest BCUT2D eigenvalue weighted by Gasteiger charge is -2.01. The highest BCUT2D eigenvalue weighted by atomic mass is 35.5. The molecule has 0 bridgehead atoms. The van der Waals surface area contributed by atoms with E-state index in [0.717, 1.165) is 5.56 Å². The molecule has 4 heteroatoms. The maximum atomic E-state index is 7.11. The molecular formula is C8H6Cl2NS. The van der Waals surface area contributed by atoms with E-state index in [-0.39, 0.29) is 4.99 Å². The van der Waals surface area contributed by atoms with Crippen molar-refractivity contribution in [1.82, 2.24) is 5.73 Å². The van der Waals surface area contributed by atoms with E-state index in [1.54, 1.807) is 18.2 Å². The van der Waals surface area contributed by atoms with Gasteiger partial charge in [-0.15, -0.1) is 0 Å². The molecule has 0 heterocycles. The summed E-state index contributed by atoms with van der Waals surface area (Å²) < 4.78 is 0. The average molecular weight is 219 g/mol. The maximum absolute atomic E-state index is 7.11. The number of nitrogens with one attached hydrogen (secondary N) is 1. The fraction of sp³-hybridized carbons (Fsp3) is 0.125. The van der Waals surface area contributed by atoms with Crippen LogP contribution in [0.15, 0.2) is 18.2 Å². The van der Waals surface area contributed by atoms with Crippen LogP contribution in [0.1, 0.15) is 5.56 Å². The zero-order chi connectivity index (χ0) is 9.14. The van der Waals surface area contributed by atoms with Gasteiger partial charge in [0.2, 0.25) is 0 Å².